The quantitative estimate of drug-likeness (QED) is 0.704. The fraction of sp³-hybridized carbons (Fsp3) is 0.889. The van der Waals surface area contributed by atoms with Crippen molar-refractivity contribution in [1.82, 2.24) is 5.32 Å². The van der Waals surface area contributed by atoms with E-state index in [1.54, 1.807) is 6.92 Å². The van der Waals surface area contributed by atoms with Crippen molar-refractivity contribution in [2.24, 2.45) is 11.1 Å². The third kappa shape index (κ3) is 3.19. The van der Waals surface area contributed by atoms with Gasteiger partial charge in [-0.2, -0.15) is 11.8 Å². The summed E-state index contributed by atoms with van der Waals surface area (Å²) >= 11 is 1.98. The second-order valence-electron chi connectivity index (χ2n) is 3.73. The van der Waals surface area contributed by atoms with E-state index in [0.29, 0.717) is 6.54 Å². The van der Waals surface area contributed by atoms with Gasteiger partial charge in [0.05, 0.1) is 0 Å². The van der Waals surface area contributed by atoms with Gasteiger partial charge in [-0.05, 0) is 30.9 Å². The fourth-order valence-electron chi connectivity index (χ4n) is 1.57. The Hall–Kier alpha value is -0.220. The van der Waals surface area contributed by atoms with Crippen LogP contribution in [0.3, 0.4) is 0 Å². The van der Waals surface area contributed by atoms with E-state index >= 15 is 0 Å². The number of carbonyl (C=O) groups is 1. The van der Waals surface area contributed by atoms with E-state index in [-0.39, 0.29) is 11.3 Å². The molecule has 0 saturated carbocycles. The van der Waals surface area contributed by atoms with E-state index in [9.17, 15) is 4.79 Å². The Balaban J connectivity index is 2.42. The molecule has 3 N–H and O–H groups in total. The lowest BCUT2D eigenvalue weighted by molar-refractivity contribution is -0.119. The molecule has 1 rings (SSSR count). The Morgan fingerprint density at radius 1 is 1.54 bits per heavy atom. The van der Waals surface area contributed by atoms with Crippen molar-refractivity contribution >= 4 is 17.7 Å². The molecule has 1 amide bonds. The first kappa shape index (κ1) is 10.9. The number of nitrogens with one attached hydrogen (secondary N) is 1. The van der Waals surface area contributed by atoms with E-state index < -0.39 is 0 Å². The minimum Gasteiger partial charge on any atom is -0.356 e. The molecule has 0 radical (unpaired) electrons. The monoisotopic (exact) mass is 202 g/mol. The zero-order valence-electron chi connectivity index (χ0n) is 8.14. The molecular weight excluding hydrogens is 184 g/mol. The van der Waals surface area contributed by atoms with Gasteiger partial charge in [0.2, 0.25) is 5.91 Å². The summed E-state index contributed by atoms with van der Waals surface area (Å²) in [7, 11) is 0. The largest absolute Gasteiger partial charge is 0.356 e. The molecule has 0 unspecified atom stereocenters. The van der Waals surface area contributed by atoms with Gasteiger partial charge in [-0.1, -0.05) is 0 Å². The van der Waals surface area contributed by atoms with Gasteiger partial charge in [-0.15, -0.1) is 0 Å². The van der Waals surface area contributed by atoms with Crippen molar-refractivity contribution < 1.29 is 4.79 Å². The molecule has 1 fully saturated rings. The highest BCUT2D eigenvalue weighted by Crippen LogP contribution is 2.33. The first-order valence-corrected chi connectivity index (χ1v) is 5.86. The van der Waals surface area contributed by atoms with Crippen LogP contribution in [0.15, 0.2) is 0 Å². The number of carbonyl (C=O) groups excluding carboxylic acids is 1. The summed E-state index contributed by atoms with van der Waals surface area (Å²) in [5.74, 6) is 2.40. The van der Waals surface area contributed by atoms with Crippen LogP contribution < -0.4 is 11.1 Å². The lowest BCUT2D eigenvalue weighted by Gasteiger charge is -2.35. The number of amides is 1. The Morgan fingerprint density at radius 2 is 2.15 bits per heavy atom. The van der Waals surface area contributed by atoms with Crippen molar-refractivity contribution in [3.8, 4) is 0 Å². The standard InChI is InChI=1S/C9H18N2OS/c1-8(12)11-7-9(6-10)2-4-13-5-3-9/h2-7,10H2,1H3,(H,11,12). The second kappa shape index (κ2) is 4.86. The van der Waals surface area contributed by atoms with Crippen molar-refractivity contribution in [2.45, 2.75) is 19.8 Å². The summed E-state index contributed by atoms with van der Waals surface area (Å²) in [6.45, 7) is 3.00. The van der Waals surface area contributed by atoms with E-state index in [0.717, 1.165) is 19.4 Å². The second-order valence-corrected chi connectivity index (χ2v) is 4.95. The van der Waals surface area contributed by atoms with Crippen LogP contribution in [0.1, 0.15) is 19.8 Å². The normalized spacial score (nSPS) is 21.1. The Morgan fingerprint density at radius 3 is 2.62 bits per heavy atom. The highest BCUT2D eigenvalue weighted by atomic mass is 32.2. The van der Waals surface area contributed by atoms with Crippen molar-refractivity contribution in [2.75, 3.05) is 24.6 Å². The zero-order valence-corrected chi connectivity index (χ0v) is 8.95. The summed E-state index contributed by atoms with van der Waals surface area (Å²) in [5, 5.41) is 2.88. The van der Waals surface area contributed by atoms with Gasteiger partial charge >= 0.3 is 0 Å². The minimum atomic E-state index is 0.0473. The maximum atomic E-state index is 10.8. The third-order valence-corrected chi connectivity index (χ3v) is 3.68. The van der Waals surface area contributed by atoms with Crippen LogP contribution in [0.4, 0.5) is 0 Å². The minimum absolute atomic E-state index is 0.0473. The van der Waals surface area contributed by atoms with E-state index in [1.165, 1.54) is 11.5 Å². The van der Waals surface area contributed by atoms with Crippen LogP contribution in [0.5, 0.6) is 0 Å². The topological polar surface area (TPSA) is 55.1 Å². The predicted octanol–water partition coefficient (Wildman–Crippen LogP) is 0.595. The van der Waals surface area contributed by atoms with Crippen LogP contribution in [0.2, 0.25) is 0 Å². The molecule has 13 heavy (non-hydrogen) atoms. The molecule has 4 heteroatoms. The highest BCUT2D eigenvalue weighted by molar-refractivity contribution is 7.99. The van der Waals surface area contributed by atoms with Crippen LogP contribution in [-0.4, -0.2) is 30.5 Å². The molecule has 0 aromatic carbocycles. The molecule has 76 valence electrons. The molecule has 1 aliphatic rings. The van der Waals surface area contributed by atoms with Crippen molar-refractivity contribution in [3.63, 3.8) is 0 Å². The SMILES string of the molecule is CC(=O)NCC1(CN)CCSCC1. The fourth-order valence-corrected chi connectivity index (χ4v) is 2.93. The Labute approximate surface area is 83.8 Å². The Bertz CT molecular complexity index is 178. The number of hydrogen-bond donors (Lipinski definition) is 2. The lowest BCUT2D eigenvalue weighted by Crippen LogP contribution is -2.44. The average molecular weight is 202 g/mol. The van der Waals surface area contributed by atoms with Crippen molar-refractivity contribution in [3.05, 3.63) is 0 Å². The van der Waals surface area contributed by atoms with Gasteiger partial charge in [0.1, 0.15) is 0 Å². The lowest BCUT2D eigenvalue weighted by atomic mass is 9.82. The molecule has 1 saturated heterocycles. The van der Waals surface area contributed by atoms with Crippen LogP contribution in [0, 0.1) is 5.41 Å². The molecule has 0 aromatic rings. The third-order valence-electron chi connectivity index (χ3n) is 2.70. The van der Waals surface area contributed by atoms with Gasteiger partial charge < -0.3 is 11.1 Å². The summed E-state index contributed by atoms with van der Waals surface area (Å²) in [6.07, 6.45) is 2.27. The number of hydrogen-bond acceptors (Lipinski definition) is 3. The van der Waals surface area contributed by atoms with Crippen LogP contribution in [-0.2, 0) is 4.79 Å². The zero-order chi connectivity index (χ0) is 9.73. The summed E-state index contributed by atoms with van der Waals surface area (Å²) in [6, 6.07) is 0. The van der Waals surface area contributed by atoms with Gasteiger partial charge in [0, 0.05) is 18.9 Å². The first-order chi connectivity index (χ1) is 6.18. The molecular formula is C9H18N2OS. The highest BCUT2D eigenvalue weighted by Gasteiger charge is 2.30. The molecule has 0 spiro atoms. The average Bonchev–Trinajstić information content (AvgIpc) is 2.16. The van der Waals surface area contributed by atoms with Gasteiger partial charge in [-0.25, -0.2) is 0 Å². The maximum absolute atomic E-state index is 10.8. The smallest absolute Gasteiger partial charge is 0.216 e. The van der Waals surface area contributed by atoms with Gasteiger partial charge in [-0.3, -0.25) is 4.79 Å². The predicted molar refractivity (Wildman–Crippen MR) is 56.7 cm³/mol. The van der Waals surface area contributed by atoms with E-state index in [1.807, 2.05) is 11.8 Å². The maximum Gasteiger partial charge on any atom is 0.216 e. The number of thioether (sulfide) groups is 1. The Kier molecular flexibility index (Phi) is 4.06. The summed E-state index contributed by atoms with van der Waals surface area (Å²) in [5.41, 5.74) is 5.94. The molecule has 0 atom stereocenters. The summed E-state index contributed by atoms with van der Waals surface area (Å²) in [4.78, 5) is 10.8. The van der Waals surface area contributed by atoms with E-state index in [4.69, 9.17) is 5.73 Å². The van der Waals surface area contributed by atoms with Gasteiger partial charge in [0.25, 0.3) is 0 Å². The molecule has 1 aliphatic heterocycles. The van der Waals surface area contributed by atoms with Crippen LogP contribution >= 0.6 is 11.8 Å². The van der Waals surface area contributed by atoms with Gasteiger partial charge in [0.15, 0.2) is 0 Å². The number of rotatable bonds is 3. The van der Waals surface area contributed by atoms with E-state index in [2.05, 4.69) is 5.32 Å². The molecule has 0 aromatic heterocycles. The number of nitrogens with two attached hydrogens (primary N) is 1. The van der Waals surface area contributed by atoms with Crippen LogP contribution in [0.25, 0.3) is 0 Å². The first-order valence-electron chi connectivity index (χ1n) is 4.71. The summed E-state index contributed by atoms with van der Waals surface area (Å²) < 4.78 is 0. The molecule has 1 heterocycles. The molecule has 0 aliphatic carbocycles. The molecule has 3 nitrogen and oxygen atoms in total. The van der Waals surface area contributed by atoms with Crippen molar-refractivity contribution in [1.29, 1.82) is 0 Å². The molecule has 0 bridgehead atoms.